The van der Waals surface area contributed by atoms with Gasteiger partial charge in [0.2, 0.25) is 0 Å². The quantitative estimate of drug-likeness (QED) is 0.688. The van der Waals surface area contributed by atoms with Crippen LogP contribution >= 0.6 is 0 Å². The highest BCUT2D eigenvalue weighted by molar-refractivity contribution is 7.91. The van der Waals surface area contributed by atoms with E-state index in [0.29, 0.717) is 0 Å². The van der Waals surface area contributed by atoms with E-state index in [0.717, 1.165) is 4.90 Å². The van der Waals surface area contributed by atoms with Crippen molar-refractivity contribution in [3.63, 3.8) is 0 Å². The van der Waals surface area contributed by atoms with Crippen LogP contribution < -0.4 is 0 Å². The fraction of sp³-hybridized carbons (Fsp3) is 0.556. The minimum atomic E-state index is -3.41. The molecule has 1 N–H and O–H groups in total. The van der Waals surface area contributed by atoms with Crippen LogP contribution in [0.25, 0.3) is 0 Å². The van der Waals surface area contributed by atoms with Crippen molar-refractivity contribution in [2.75, 3.05) is 24.7 Å². The van der Waals surface area contributed by atoms with Crippen molar-refractivity contribution in [2.45, 2.75) is 6.04 Å². The second-order valence-corrected chi connectivity index (χ2v) is 5.76. The molecule has 1 unspecified atom stereocenters. The van der Waals surface area contributed by atoms with Crippen LogP contribution in [0, 0.1) is 0 Å². The molecule has 0 aromatic carbocycles. The van der Waals surface area contributed by atoms with Crippen LogP contribution in [0.15, 0.2) is 12.7 Å². The average molecular weight is 263 g/mol. The van der Waals surface area contributed by atoms with Gasteiger partial charge in [-0.2, -0.15) is 0 Å². The summed E-state index contributed by atoms with van der Waals surface area (Å²) in [5, 5.41) is 8.88. The van der Waals surface area contributed by atoms with Gasteiger partial charge in [-0.05, 0) is 0 Å². The number of ether oxygens (including phenoxy) is 1. The largest absolute Gasteiger partial charge is 0.480 e. The molecule has 1 rings (SSSR count). The molecular formula is C9H13NO6S. The summed E-state index contributed by atoms with van der Waals surface area (Å²) in [6, 6.07) is -1.38. The Morgan fingerprint density at radius 2 is 2.18 bits per heavy atom. The van der Waals surface area contributed by atoms with E-state index in [-0.39, 0.29) is 18.9 Å². The zero-order valence-electron chi connectivity index (χ0n) is 9.03. The first kappa shape index (κ1) is 13.5. The molecule has 17 heavy (non-hydrogen) atoms. The van der Waals surface area contributed by atoms with Gasteiger partial charge in [-0.15, -0.1) is 0 Å². The third kappa shape index (κ3) is 3.45. The minimum absolute atomic E-state index is 0.0472. The lowest BCUT2D eigenvalue weighted by Gasteiger charge is -2.31. The summed E-state index contributed by atoms with van der Waals surface area (Å²) >= 11 is 0. The number of nitrogens with zero attached hydrogens (tertiary/aromatic N) is 1. The number of sulfone groups is 1. The van der Waals surface area contributed by atoms with E-state index in [9.17, 15) is 18.0 Å². The first-order chi connectivity index (χ1) is 7.87. The second kappa shape index (κ2) is 5.17. The molecule has 1 atom stereocenters. The third-order valence-electron chi connectivity index (χ3n) is 2.28. The van der Waals surface area contributed by atoms with Gasteiger partial charge in [0.15, 0.2) is 9.84 Å². The smallest absolute Gasteiger partial charge is 0.410 e. The van der Waals surface area contributed by atoms with E-state index in [1.54, 1.807) is 0 Å². The summed E-state index contributed by atoms with van der Waals surface area (Å²) in [7, 11) is -3.41. The van der Waals surface area contributed by atoms with Crippen molar-refractivity contribution in [1.29, 1.82) is 0 Å². The van der Waals surface area contributed by atoms with Crippen LogP contribution in [-0.4, -0.2) is 61.2 Å². The fourth-order valence-electron chi connectivity index (χ4n) is 1.44. The Labute approximate surface area is 98.6 Å². The maximum absolute atomic E-state index is 11.5. The summed E-state index contributed by atoms with van der Waals surface area (Å²) < 4.78 is 27.3. The van der Waals surface area contributed by atoms with Crippen molar-refractivity contribution < 1.29 is 27.9 Å². The van der Waals surface area contributed by atoms with Gasteiger partial charge < -0.3 is 9.84 Å². The normalized spacial score (nSPS) is 22.8. The predicted molar refractivity (Wildman–Crippen MR) is 58.3 cm³/mol. The van der Waals surface area contributed by atoms with Gasteiger partial charge in [0.05, 0.1) is 11.5 Å². The monoisotopic (exact) mass is 263 g/mol. The van der Waals surface area contributed by atoms with E-state index in [1.165, 1.54) is 6.08 Å². The van der Waals surface area contributed by atoms with Crippen molar-refractivity contribution in [3.05, 3.63) is 12.7 Å². The Balaban J connectivity index is 2.80. The highest BCUT2D eigenvalue weighted by Crippen LogP contribution is 2.13. The number of carbonyl (C=O) groups is 2. The molecule has 1 amide bonds. The summed E-state index contributed by atoms with van der Waals surface area (Å²) in [6.45, 7) is 3.13. The van der Waals surface area contributed by atoms with Gasteiger partial charge in [0.1, 0.15) is 12.6 Å². The minimum Gasteiger partial charge on any atom is -0.480 e. The number of carboxylic acids is 1. The van der Waals surface area contributed by atoms with Crippen LogP contribution in [0.5, 0.6) is 0 Å². The molecule has 7 nitrogen and oxygen atoms in total. The lowest BCUT2D eigenvalue weighted by atomic mass is 10.3. The topological polar surface area (TPSA) is 101 Å². The van der Waals surface area contributed by atoms with E-state index in [2.05, 4.69) is 6.58 Å². The van der Waals surface area contributed by atoms with Gasteiger partial charge in [-0.25, -0.2) is 18.0 Å². The van der Waals surface area contributed by atoms with Crippen molar-refractivity contribution >= 4 is 21.9 Å². The lowest BCUT2D eigenvalue weighted by Crippen LogP contribution is -2.54. The van der Waals surface area contributed by atoms with Gasteiger partial charge in [0.25, 0.3) is 0 Å². The predicted octanol–water partition coefficient (Wildman–Crippen LogP) is -0.507. The van der Waals surface area contributed by atoms with E-state index in [4.69, 9.17) is 9.84 Å². The Kier molecular flexibility index (Phi) is 4.11. The number of amides is 1. The first-order valence-electron chi connectivity index (χ1n) is 4.85. The highest BCUT2D eigenvalue weighted by atomic mass is 32.2. The number of aliphatic carboxylic acids is 1. The standard InChI is InChI=1S/C9H13NO6S/c1-2-4-16-9(13)10-3-5-17(14,15)6-7(10)8(11)12/h2,7H,1,3-6H2,(H,11,12). The molecule has 1 heterocycles. The maximum atomic E-state index is 11.5. The molecule has 1 fully saturated rings. The molecular weight excluding hydrogens is 250 g/mol. The molecule has 0 aromatic rings. The molecule has 8 heteroatoms. The Morgan fingerprint density at radius 3 is 2.71 bits per heavy atom. The molecule has 0 saturated carbocycles. The van der Waals surface area contributed by atoms with Gasteiger partial charge >= 0.3 is 12.1 Å². The van der Waals surface area contributed by atoms with Crippen molar-refractivity contribution in [2.24, 2.45) is 0 Å². The summed E-state index contributed by atoms with van der Waals surface area (Å²) in [6.07, 6.45) is 0.501. The van der Waals surface area contributed by atoms with Crippen LogP contribution in [0.1, 0.15) is 0 Å². The summed E-state index contributed by atoms with van der Waals surface area (Å²) in [4.78, 5) is 23.3. The molecule has 1 aliphatic rings. The Bertz CT molecular complexity index is 429. The average Bonchev–Trinajstić information content (AvgIpc) is 2.24. The molecule has 0 spiro atoms. The maximum Gasteiger partial charge on any atom is 0.410 e. The van der Waals surface area contributed by atoms with Gasteiger partial charge in [0, 0.05) is 6.54 Å². The number of hydrogen-bond acceptors (Lipinski definition) is 5. The zero-order valence-corrected chi connectivity index (χ0v) is 9.85. The number of carboxylic acid groups (broad SMARTS) is 1. The number of carbonyl (C=O) groups excluding carboxylic acids is 1. The van der Waals surface area contributed by atoms with Crippen molar-refractivity contribution in [1.82, 2.24) is 4.90 Å². The van der Waals surface area contributed by atoms with Crippen molar-refractivity contribution in [3.8, 4) is 0 Å². The summed E-state index contributed by atoms with van der Waals surface area (Å²) in [5.41, 5.74) is 0. The van der Waals surface area contributed by atoms with Crippen LogP contribution in [0.2, 0.25) is 0 Å². The lowest BCUT2D eigenvalue weighted by molar-refractivity contribution is -0.142. The summed E-state index contributed by atoms with van der Waals surface area (Å²) in [5.74, 6) is -2.19. The second-order valence-electron chi connectivity index (χ2n) is 3.53. The van der Waals surface area contributed by atoms with E-state index in [1.807, 2.05) is 0 Å². The van der Waals surface area contributed by atoms with Crippen LogP contribution in [-0.2, 0) is 19.4 Å². The van der Waals surface area contributed by atoms with Crippen LogP contribution in [0.3, 0.4) is 0 Å². The molecule has 0 aromatic heterocycles. The van der Waals surface area contributed by atoms with E-state index < -0.39 is 33.7 Å². The SMILES string of the molecule is C=CCOC(=O)N1CCS(=O)(=O)CC1C(=O)O. The molecule has 0 bridgehead atoms. The van der Waals surface area contributed by atoms with Gasteiger partial charge in [-0.3, -0.25) is 4.90 Å². The zero-order chi connectivity index (χ0) is 13.1. The highest BCUT2D eigenvalue weighted by Gasteiger charge is 2.39. The number of hydrogen-bond donors (Lipinski definition) is 1. The molecule has 96 valence electrons. The molecule has 1 saturated heterocycles. The number of rotatable bonds is 3. The fourth-order valence-corrected chi connectivity index (χ4v) is 2.89. The molecule has 0 aliphatic carbocycles. The first-order valence-corrected chi connectivity index (χ1v) is 6.67. The van der Waals surface area contributed by atoms with Gasteiger partial charge in [-0.1, -0.05) is 12.7 Å². The van der Waals surface area contributed by atoms with E-state index >= 15 is 0 Å². The Morgan fingerprint density at radius 1 is 1.53 bits per heavy atom. The third-order valence-corrected chi connectivity index (χ3v) is 3.90. The molecule has 1 aliphatic heterocycles. The molecule has 0 radical (unpaired) electrons. The van der Waals surface area contributed by atoms with Crippen LogP contribution in [0.4, 0.5) is 4.79 Å². The Hall–Kier alpha value is -1.57.